The van der Waals surface area contributed by atoms with Crippen molar-refractivity contribution in [3.05, 3.63) is 40.7 Å². The van der Waals surface area contributed by atoms with E-state index in [1.165, 1.54) is 0 Å². The maximum atomic E-state index is 12.5. The number of fused-ring (bicyclic) bond motifs is 1. The maximum Gasteiger partial charge on any atom is 0.242 e. The summed E-state index contributed by atoms with van der Waals surface area (Å²) < 4.78 is 7.24. The summed E-state index contributed by atoms with van der Waals surface area (Å²) in [7, 11) is 2.14. The molecule has 4 rings (SSSR count). The van der Waals surface area contributed by atoms with Gasteiger partial charge in [-0.2, -0.15) is 0 Å². The van der Waals surface area contributed by atoms with Crippen LogP contribution in [0.1, 0.15) is 23.7 Å². The van der Waals surface area contributed by atoms with Crippen molar-refractivity contribution in [2.45, 2.75) is 25.6 Å². The van der Waals surface area contributed by atoms with E-state index in [1.54, 1.807) is 10.7 Å². The van der Waals surface area contributed by atoms with Crippen LogP contribution in [0.4, 0.5) is 0 Å². The van der Waals surface area contributed by atoms with Crippen LogP contribution in [0.25, 0.3) is 0 Å². The highest BCUT2D eigenvalue weighted by Crippen LogP contribution is 2.33. The van der Waals surface area contributed by atoms with Crippen LogP contribution in [-0.4, -0.2) is 70.5 Å². The second kappa shape index (κ2) is 8.46. The molecule has 1 N–H and O–H groups in total. The zero-order chi connectivity index (χ0) is 19.5. The molecule has 8 nitrogen and oxygen atoms in total. The summed E-state index contributed by atoms with van der Waals surface area (Å²) in [6.07, 6.45) is 2.57. The number of hydrogen-bond acceptors (Lipinski definition) is 6. The molecule has 1 saturated heterocycles. The van der Waals surface area contributed by atoms with Gasteiger partial charge in [0.15, 0.2) is 0 Å². The van der Waals surface area contributed by atoms with Gasteiger partial charge in [-0.3, -0.25) is 9.69 Å². The van der Waals surface area contributed by atoms with Gasteiger partial charge < -0.3 is 15.0 Å². The molecular formula is C19H25ClN6O2. The zero-order valence-corrected chi connectivity index (χ0v) is 16.7. The molecule has 2 aromatic rings. The largest absolute Gasteiger partial charge is 0.493 e. The predicted octanol–water partition coefficient (Wildman–Crippen LogP) is 1.32. The van der Waals surface area contributed by atoms with Crippen LogP contribution in [0.15, 0.2) is 24.4 Å². The lowest BCUT2D eigenvalue weighted by molar-refractivity contribution is -0.122. The molecule has 150 valence electrons. The SMILES string of the molecule is CN1CCN(Cc2cn(CC(=O)NC3CCOc4ccc(Cl)cc43)nn2)CC1. The molecule has 1 fully saturated rings. The molecule has 2 aliphatic heterocycles. The monoisotopic (exact) mass is 404 g/mol. The molecule has 3 heterocycles. The summed E-state index contributed by atoms with van der Waals surface area (Å²) in [5.74, 6) is 0.671. The number of hydrogen-bond donors (Lipinski definition) is 1. The fourth-order valence-electron chi connectivity index (χ4n) is 3.63. The molecule has 0 bridgehead atoms. The van der Waals surface area contributed by atoms with Gasteiger partial charge in [-0.15, -0.1) is 5.10 Å². The molecule has 1 aromatic heterocycles. The molecule has 0 aliphatic carbocycles. The van der Waals surface area contributed by atoms with E-state index in [0.29, 0.717) is 18.1 Å². The number of rotatable bonds is 5. The third-order valence-electron chi connectivity index (χ3n) is 5.22. The Labute approximate surface area is 169 Å². The molecule has 1 aromatic carbocycles. The molecule has 1 unspecified atom stereocenters. The average Bonchev–Trinajstić information content (AvgIpc) is 3.11. The van der Waals surface area contributed by atoms with E-state index in [0.717, 1.165) is 49.7 Å². The summed E-state index contributed by atoms with van der Waals surface area (Å²) in [5, 5.41) is 12.0. The minimum absolute atomic E-state index is 0.103. The quantitative estimate of drug-likeness (QED) is 0.810. The number of carbonyl (C=O) groups is 1. The van der Waals surface area contributed by atoms with Crippen molar-refractivity contribution in [2.24, 2.45) is 0 Å². The minimum Gasteiger partial charge on any atom is -0.493 e. The van der Waals surface area contributed by atoms with Crippen LogP contribution in [0.2, 0.25) is 5.02 Å². The van der Waals surface area contributed by atoms with Crippen molar-refractivity contribution in [1.29, 1.82) is 0 Å². The highest BCUT2D eigenvalue weighted by Gasteiger charge is 2.23. The van der Waals surface area contributed by atoms with Crippen molar-refractivity contribution in [3.63, 3.8) is 0 Å². The first-order chi connectivity index (χ1) is 13.6. The van der Waals surface area contributed by atoms with Gasteiger partial charge in [0.1, 0.15) is 12.3 Å². The summed E-state index contributed by atoms with van der Waals surface area (Å²) in [5.41, 5.74) is 1.81. The fourth-order valence-corrected chi connectivity index (χ4v) is 3.81. The molecule has 1 amide bonds. The molecule has 9 heteroatoms. The van der Waals surface area contributed by atoms with E-state index in [-0.39, 0.29) is 18.5 Å². The number of piperazine rings is 1. The van der Waals surface area contributed by atoms with E-state index in [1.807, 2.05) is 18.3 Å². The van der Waals surface area contributed by atoms with Crippen LogP contribution < -0.4 is 10.1 Å². The van der Waals surface area contributed by atoms with E-state index in [2.05, 4.69) is 32.5 Å². The summed E-state index contributed by atoms with van der Waals surface area (Å²) in [6, 6.07) is 5.38. The Kier molecular flexibility index (Phi) is 5.79. The maximum absolute atomic E-state index is 12.5. The van der Waals surface area contributed by atoms with Crippen molar-refractivity contribution in [1.82, 2.24) is 30.1 Å². The molecule has 0 radical (unpaired) electrons. The summed E-state index contributed by atoms with van der Waals surface area (Å²) in [4.78, 5) is 17.2. The molecule has 2 aliphatic rings. The number of amides is 1. The van der Waals surface area contributed by atoms with Gasteiger partial charge in [0, 0.05) is 49.7 Å². The predicted molar refractivity (Wildman–Crippen MR) is 105 cm³/mol. The van der Waals surface area contributed by atoms with E-state index >= 15 is 0 Å². The number of benzene rings is 1. The number of ether oxygens (including phenoxy) is 1. The third kappa shape index (κ3) is 4.63. The first-order valence-electron chi connectivity index (χ1n) is 9.58. The standard InChI is InChI=1S/C19H25ClN6O2/c1-24-5-7-25(8-6-24)11-15-12-26(23-22-15)13-19(27)21-17-4-9-28-18-3-2-14(20)10-16(17)18/h2-3,10,12,17H,4-9,11,13H2,1H3,(H,21,27). The normalized spacial score (nSPS) is 20.4. The summed E-state index contributed by atoms with van der Waals surface area (Å²) in [6.45, 7) is 5.65. The molecular weight excluding hydrogens is 380 g/mol. The van der Waals surface area contributed by atoms with Gasteiger partial charge in [-0.05, 0) is 25.2 Å². The first kappa shape index (κ1) is 19.2. The van der Waals surface area contributed by atoms with Crippen molar-refractivity contribution < 1.29 is 9.53 Å². The Bertz CT molecular complexity index is 834. The van der Waals surface area contributed by atoms with Gasteiger partial charge >= 0.3 is 0 Å². The highest BCUT2D eigenvalue weighted by molar-refractivity contribution is 6.30. The van der Waals surface area contributed by atoms with Crippen LogP contribution >= 0.6 is 11.6 Å². The van der Waals surface area contributed by atoms with Crippen molar-refractivity contribution in [3.8, 4) is 5.75 Å². The smallest absolute Gasteiger partial charge is 0.242 e. The van der Waals surface area contributed by atoms with E-state index in [9.17, 15) is 4.79 Å². The van der Waals surface area contributed by atoms with Gasteiger partial charge in [0.25, 0.3) is 0 Å². The van der Waals surface area contributed by atoms with Gasteiger partial charge in [0.2, 0.25) is 5.91 Å². The second-order valence-corrected chi connectivity index (χ2v) is 7.86. The zero-order valence-electron chi connectivity index (χ0n) is 16.0. The second-order valence-electron chi connectivity index (χ2n) is 7.43. The first-order valence-corrected chi connectivity index (χ1v) is 9.96. The molecule has 28 heavy (non-hydrogen) atoms. The van der Waals surface area contributed by atoms with E-state index < -0.39 is 0 Å². The lowest BCUT2D eigenvalue weighted by Crippen LogP contribution is -2.43. The fraction of sp³-hybridized carbons (Fsp3) is 0.526. The average molecular weight is 405 g/mol. The summed E-state index contributed by atoms with van der Waals surface area (Å²) >= 11 is 6.10. The van der Waals surface area contributed by atoms with Crippen molar-refractivity contribution >= 4 is 17.5 Å². The Morgan fingerprint density at radius 3 is 2.96 bits per heavy atom. The minimum atomic E-state index is -0.108. The topological polar surface area (TPSA) is 75.5 Å². The van der Waals surface area contributed by atoms with Crippen LogP contribution in [-0.2, 0) is 17.9 Å². The lowest BCUT2D eigenvalue weighted by atomic mass is 10.0. The number of likely N-dealkylation sites (N-methyl/N-ethyl adjacent to an activating group) is 1. The number of nitrogens with zero attached hydrogens (tertiary/aromatic N) is 5. The van der Waals surface area contributed by atoms with Crippen LogP contribution in [0, 0.1) is 0 Å². The molecule has 1 atom stereocenters. The number of halogens is 1. The Balaban J connectivity index is 1.33. The number of nitrogens with one attached hydrogen (secondary N) is 1. The molecule has 0 saturated carbocycles. The van der Waals surface area contributed by atoms with Crippen molar-refractivity contribution in [2.75, 3.05) is 39.8 Å². The number of carbonyl (C=O) groups excluding carboxylic acids is 1. The van der Waals surface area contributed by atoms with Gasteiger partial charge in [0.05, 0.1) is 24.5 Å². The Morgan fingerprint density at radius 2 is 2.14 bits per heavy atom. The third-order valence-corrected chi connectivity index (χ3v) is 5.45. The van der Waals surface area contributed by atoms with Crippen LogP contribution in [0.5, 0.6) is 5.75 Å². The van der Waals surface area contributed by atoms with Gasteiger partial charge in [-0.1, -0.05) is 16.8 Å². The van der Waals surface area contributed by atoms with Crippen LogP contribution in [0.3, 0.4) is 0 Å². The Morgan fingerprint density at radius 1 is 1.32 bits per heavy atom. The van der Waals surface area contributed by atoms with Gasteiger partial charge in [-0.25, -0.2) is 4.68 Å². The van der Waals surface area contributed by atoms with E-state index in [4.69, 9.17) is 16.3 Å². The number of aromatic nitrogens is 3. The molecule has 0 spiro atoms. The Hall–Kier alpha value is -2.16. The highest BCUT2D eigenvalue weighted by atomic mass is 35.5. The lowest BCUT2D eigenvalue weighted by Gasteiger charge is -2.31.